The second-order valence-corrected chi connectivity index (χ2v) is 8.56. The van der Waals surface area contributed by atoms with Gasteiger partial charge in [-0.3, -0.25) is 8.37 Å². The van der Waals surface area contributed by atoms with Gasteiger partial charge in [0.2, 0.25) is 0 Å². The number of hydrogen-bond donors (Lipinski definition) is 0. The van der Waals surface area contributed by atoms with Crippen molar-refractivity contribution in [3.8, 4) is 11.5 Å². The van der Waals surface area contributed by atoms with E-state index in [2.05, 4.69) is 8.37 Å². The standard InChI is InChI=1S/C12H16Cl2O8S2/c1-23(15,16)21-5-3-19-11-7-10(14)12(8-9(11)13)20-4-6-22-24(2,17)18/h7-8H,3-6H2,1-2H3. The van der Waals surface area contributed by atoms with E-state index in [4.69, 9.17) is 32.7 Å². The fraction of sp³-hybridized carbons (Fsp3) is 0.500. The van der Waals surface area contributed by atoms with Crippen LogP contribution in [-0.2, 0) is 28.6 Å². The first kappa shape index (κ1) is 21.3. The lowest BCUT2D eigenvalue weighted by atomic mass is 10.3. The van der Waals surface area contributed by atoms with Crippen molar-refractivity contribution in [3.05, 3.63) is 22.2 Å². The smallest absolute Gasteiger partial charge is 0.264 e. The Bertz CT molecular complexity index is 696. The first-order valence-corrected chi connectivity index (χ1v) is 10.8. The Morgan fingerprint density at radius 2 is 1.08 bits per heavy atom. The van der Waals surface area contributed by atoms with Crippen molar-refractivity contribution < 1.29 is 34.7 Å². The van der Waals surface area contributed by atoms with Crippen LogP contribution in [-0.4, -0.2) is 55.8 Å². The second-order valence-electron chi connectivity index (χ2n) is 4.46. The van der Waals surface area contributed by atoms with Gasteiger partial charge in [0.1, 0.15) is 37.9 Å². The fourth-order valence-electron chi connectivity index (χ4n) is 1.41. The van der Waals surface area contributed by atoms with Crippen molar-refractivity contribution in [2.45, 2.75) is 0 Å². The summed E-state index contributed by atoms with van der Waals surface area (Å²) in [7, 11) is -7.08. The fourth-order valence-corrected chi connectivity index (χ4v) is 2.56. The molecular formula is C12H16Cl2O8S2. The Morgan fingerprint density at radius 1 is 0.750 bits per heavy atom. The number of rotatable bonds is 10. The summed E-state index contributed by atoms with van der Waals surface area (Å²) < 4.78 is 62.8. The van der Waals surface area contributed by atoms with Gasteiger partial charge < -0.3 is 9.47 Å². The quantitative estimate of drug-likeness (QED) is 0.414. The molecule has 0 spiro atoms. The molecule has 0 aliphatic heterocycles. The van der Waals surface area contributed by atoms with Crippen LogP contribution < -0.4 is 9.47 Å². The van der Waals surface area contributed by atoms with Crippen LogP contribution in [0.2, 0.25) is 10.0 Å². The highest BCUT2D eigenvalue weighted by Gasteiger charge is 2.11. The molecule has 0 unspecified atom stereocenters. The van der Waals surface area contributed by atoms with E-state index in [1.165, 1.54) is 12.1 Å². The highest BCUT2D eigenvalue weighted by Crippen LogP contribution is 2.35. The number of benzene rings is 1. The summed E-state index contributed by atoms with van der Waals surface area (Å²) in [5.74, 6) is 0.442. The van der Waals surface area contributed by atoms with Crippen molar-refractivity contribution in [1.82, 2.24) is 0 Å². The van der Waals surface area contributed by atoms with E-state index in [0.29, 0.717) is 0 Å². The Kier molecular flexibility index (Phi) is 8.03. The normalized spacial score (nSPS) is 12.2. The number of halogens is 2. The van der Waals surface area contributed by atoms with E-state index in [1.807, 2.05) is 0 Å². The maximum atomic E-state index is 10.8. The SMILES string of the molecule is CS(=O)(=O)OCCOc1cc(Cl)c(OCCOS(C)(=O)=O)cc1Cl. The molecule has 0 saturated carbocycles. The van der Waals surface area contributed by atoms with Gasteiger partial charge in [-0.25, -0.2) is 0 Å². The first-order chi connectivity index (χ1) is 11.0. The Balaban J connectivity index is 2.56. The predicted molar refractivity (Wildman–Crippen MR) is 89.0 cm³/mol. The lowest BCUT2D eigenvalue weighted by Crippen LogP contribution is -2.12. The Labute approximate surface area is 150 Å². The van der Waals surface area contributed by atoms with Crippen LogP contribution in [0.1, 0.15) is 0 Å². The molecule has 0 aliphatic carbocycles. The van der Waals surface area contributed by atoms with Gasteiger partial charge in [-0.2, -0.15) is 16.8 Å². The van der Waals surface area contributed by atoms with Crippen molar-refractivity contribution >= 4 is 43.4 Å². The molecular weight excluding hydrogens is 407 g/mol. The second kappa shape index (κ2) is 9.07. The number of ether oxygens (including phenoxy) is 2. The van der Waals surface area contributed by atoms with Crippen molar-refractivity contribution in [3.63, 3.8) is 0 Å². The van der Waals surface area contributed by atoms with E-state index >= 15 is 0 Å². The van der Waals surface area contributed by atoms with Gasteiger partial charge in [-0.1, -0.05) is 23.2 Å². The molecule has 1 rings (SSSR count). The summed E-state index contributed by atoms with van der Waals surface area (Å²) in [5, 5.41) is 0.357. The molecule has 1 aromatic carbocycles. The van der Waals surface area contributed by atoms with Crippen LogP contribution in [0.5, 0.6) is 11.5 Å². The van der Waals surface area contributed by atoms with Crippen LogP contribution in [0.25, 0.3) is 0 Å². The van der Waals surface area contributed by atoms with Crippen molar-refractivity contribution in [2.75, 3.05) is 38.9 Å². The zero-order valence-electron chi connectivity index (χ0n) is 12.8. The van der Waals surface area contributed by atoms with Crippen LogP contribution in [0.3, 0.4) is 0 Å². The molecule has 8 nitrogen and oxygen atoms in total. The van der Waals surface area contributed by atoms with E-state index < -0.39 is 20.2 Å². The molecule has 0 aromatic heterocycles. The molecule has 0 bridgehead atoms. The average Bonchev–Trinajstić information content (AvgIpc) is 2.41. The molecule has 0 radical (unpaired) electrons. The lowest BCUT2D eigenvalue weighted by molar-refractivity contribution is 0.218. The zero-order valence-corrected chi connectivity index (χ0v) is 16.0. The van der Waals surface area contributed by atoms with Crippen LogP contribution >= 0.6 is 23.2 Å². The zero-order chi connectivity index (χ0) is 18.4. The number of hydrogen-bond acceptors (Lipinski definition) is 8. The summed E-state index contributed by atoms with van der Waals surface area (Å²) >= 11 is 12.0. The molecule has 0 saturated heterocycles. The van der Waals surface area contributed by atoms with Gasteiger partial charge in [0, 0.05) is 12.1 Å². The third-order valence-electron chi connectivity index (χ3n) is 2.26. The van der Waals surface area contributed by atoms with Gasteiger partial charge >= 0.3 is 0 Å². The highest BCUT2D eigenvalue weighted by atomic mass is 35.5. The third-order valence-corrected chi connectivity index (χ3v) is 4.04. The van der Waals surface area contributed by atoms with Crippen molar-refractivity contribution in [1.29, 1.82) is 0 Å². The molecule has 138 valence electrons. The largest absolute Gasteiger partial charge is 0.490 e. The highest BCUT2D eigenvalue weighted by molar-refractivity contribution is 7.86. The van der Waals surface area contributed by atoms with E-state index in [-0.39, 0.29) is 48.0 Å². The molecule has 0 amide bonds. The lowest BCUT2D eigenvalue weighted by Gasteiger charge is -2.12. The maximum absolute atomic E-state index is 10.8. The topological polar surface area (TPSA) is 105 Å². The van der Waals surface area contributed by atoms with Gasteiger partial charge in [0.15, 0.2) is 0 Å². The Morgan fingerprint density at radius 3 is 1.38 bits per heavy atom. The molecule has 1 aromatic rings. The van der Waals surface area contributed by atoms with Crippen LogP contribution in [0, 0.1) is 0 Å². The van der Waals surface area contributed by atoms with Gasteiger partial charge in [-0.15, -0.1) is 0 Å². The Hall–Kier alpha value is -0.780. The minimum absolute atomic E-state index is 0.0501. The minimum Gasteiger partial charge on any atom is -0.490 e. The van der Waals surface area contributed by atoms with Crippen LogP contribution in [0.4, 0.5) is 0 Å². The molecule has 24 heavy (non-hydrogen) atoms. The monoisotopic (exact) mass is 422 g/mol. The summed E-state index contributed by atoms with van der Waals surface area (Å²) in [4.78, 5) is 0. The van der Waals surface area contributed by atoms with E-state index in [0.717, 1.165) is 12.5 Å². The first-order valence-electron chi connectivity index (χ1n) is 6.41. The third kappa shape index (κ3) is 8.90. The van der Waals surface area contributed by atoms with Gasteiger partial charge in [0.05, 0.1) is 22.6 Å². The average molecular weight is 423 g/mol. The summed E-state index contributed by atoms with van der Waals surface area (Å²) in [6, 6.07) is 2.77. The van der Waals surface area contributed by atoms with Crippen LogP contribution in [0.15, 0.2) is 12.1 Å². The van der Waals surface area contributed by atoms with Gasteiger partial charge in [-0.05, 0) is 0 Å². The van der Waals surface area contributed by atoms with E-state index in [1.54, 1.807) is 0 Å². The summed E-state index contributed by atoms with van der Waals surface area (Å²) in [6.45, 7) is -0.446. The summed E-state index contributed by atoms with van der Waals surface area (Å²) in [5.41, 5.74) is 0. The van der Waals surface area contributed by atoms with E-state index in [9.17, 15) is 16.8 Å². The molecule has 0 heterocycles. The maximum Gasteiger partial charge on any atom is 0.264 e. The molecule has 0 N–H and O–H groups in total. The predicted octanol–water partition coefficient (Wildman–Crippen LogP) is 1.70. The molecule has 0 fully saturated rings. The summed E-state index contributed by atoms with van der Waals surface area (Å²) in [6.07, 6.45) is 1.85. The molecule has 0 aliphatic rings. The molecule has 12 heteroatoms. The molecule has 0 atom stereocenters. The van der Waals surface area contributed by atoms with Gasteiger partial charge in [0.25, 0.3) is 20.2 Å². The minimum atomic E-state index is -3.54. The van der Waals surface area contributed by atoms with Crippen molar-refractivity contribution in [2.24, 2.45) is 0 Å².